The van der Waals surface area contributed by atoms with Gasteiger partial charge in [0.05, 0.1) is 16.1 Å². The lowest BCUT2D eigenvalue weighted by Gasteiger charge is -2.17. The molecule has 6 heteroatoms. The van der Waals surface area contributed by atoms with Crippen molar-refractivity contribution in [2.75, 3.05) is 7.11 Å². The van der Waals surface area contributed by atoms with Gasteiger partial charge in [-0.15, -0.1) is 0 Å². The number of carbonyl (C=O) groups excluding carboxylic acids is 1. The van der Waals surface area contributed by atoms with Gasteiger partial charge in [0.1, 0.15) is 17.2 Å². The molecule has 0 N–H and O–H groups in total. The maximum absolute atomic E-state index is 11.2. The number of rotatable bonds is 5. The van der Waals surface area contributed by atoms with Crippen LogP contribution in [0.5, 0.6) is 23.0 Å². The Balaban J connectivity index is 2.42. The number of esters is 1. The molecule has 0 saturated heterocycles. The van der Waals surface area contributed by atoms with Crippen molar-refractivity contribution in [3.63, 3.8) is 0 Å². The third-order valence-electron chi connectivity index (χ3n) is 3.67. The Morgan fingerprint density at radius 1 is 1.12 bits per heavy atom. The summed E-state index contributed by atoms with van der Waals surface area (Å²) >= 11 is 7.02. The van der Waals surface area contributed by atoms with E-state index in [-0.39, 0.29) is 5.97 Å². The van der Waals surface area contributed by atoms with Crippen LogP contribution in [0.25, 0.3) is 0 Å². The molecule has 2 aromatic rings. The van der Waals surface area contributed by atoms with Gasteiger partial charge in [0.15, 0.2) is 5.75 Å². The lowest BCUT2D eigenvalue weighted by molar-refractivity contribution is -0.131. The van der Waals surface area contributed by atoms with Crippen LogP contribution in [0.3, 0.4) is 0 Å². The zero-order valence-electron chi connectivity index (χ0n) is 14.8. The summed E-state index contributed by atoms with van der Waals surface area (Å²) in [4.78, 5) is 11.2. The summed E-state index contributed by atoms with van der Waals surface area (Å²) in [6.45, 7) is 7.43. The second kappa shape index (κ2) is 8.23. The lowest BCUT2D eigenvalue weighted by Crippen LogP contribution is -2.04. The highest BCUT2D eigenvalue weighted by Gasteiger charge is 2.17. The molecule has 0 radical (unpaired) electrons. The van der Waals surface area contributed by atoms with E-state index in [1.165, 1.54) is 6.92 Å². The van der Waals surface area contributed by atoms with Crippen LogP contribution < -0.4 is 14.2 Å². The molecule has 0 fully saturated rings. The van der Waals surface area contributed by atoms with Crippen molar-refractivity contribution in [1.29, 1.82) is 0 Å². The van der Waals surface area contributed by atoms with Gasteiger partial charge in [0, 0.05) is 18.1 Å². The highest BCUT2D eigenvalue weighted by molar-refractivity contribution is 9.11. The monoisotopic (exact) mass is 470 g/mol. The van der Waals surface area contributed by atoms with Crippen molar-refractivity contribution in [2.24, 2.45) is 0 Å². The second-order valence-corrected chi connectivity index (χ2v) is 7.53. The van der Waals surface area contributed by atoms with E-state index in [4.69, 9.17) is 14.2 Å². The molecule has 0 saturated carbocycles. The summed E-state index contributed by atoms with van der Waals surface area (Å²) in [6, 6.07) is 7.45. The Kier molecular flexibility index (Phi) is 6.52. The number of benzene rings is 2. The largest absolute Gasteiger partial charge is 0.496 e. The Hall–Kier alpha value is -1.53. The minimum absolute atomic E-state index is 0.304. The third kappa shape index (κ3) is 4.55. The number of methoxy groups -OCH3 is 1. The predicted octanol–water partition coefficient (Wildman–Crippen LogP) is 6.37. The molecule has 0 unspecified atom stereocenters. The first-order valence-electron chi connectivity index (χ1n) is 7.77. The van der Waals surface area contributed by atoms with Gasteiger partial charge in [-0.2, -0.15) is 0 Å². The van der Waals surface area contributed by atoms with E-state index in [1.807, 2.05) is 25.1 Å². The zero-order valence-corrected chi connectivity index (χ0v) is 17.9. The van der Waals surface area contributed by atoms with E-state index in [1.54, 1.807) is 13.2 Å². The van der Waals surface area contributed by atoms with E-state index in [0.29, 0.717) is 27.6 Å². The molecule has 2 aromatic carbocycles. The van der Waals surface area contributed by atoms with E-state index in [2.05, 4.69) is 45.7 Å². The molecule has 0 atom stereocenters. The summed E-state index contributed by atoms with van der Waals surface area (Å²) in [5.41, 5.74) is 1.85. The fraction of sp³-hybridized carbons (Fsp3) is 0.316. The lowest BCUT2D eigenvalue weighted by atomic mass is 10.0. The Morgan fingerprint density at radius 3 is 2.36 bits per heavy atom. The van der Waals surface area contributed by atoms with E-state index >= 15 is 0 Å². The molecule has 0 amide bonds. The maximum atomic E-state index is 11.2. The van der Waals surface area contributed by atoms with Crippen molar-refractivity contribution < 1.29 is 19.0 Å². The van der Waals surface area contributed by atoms with E-state index < -0.39 is 0 Å². The first-order valence-corrected chi connectivity index (χ1v) is 9.36. The van der Waals surface area contributed by atoms with E-state index in [0.717, 1.165) is 21.3 Å². The molecule has 2 rings (SSSR count). The first kappa shape index (κ1) is 19.8. The van der Waals surface area contributed by atoms with Gasteiger partial charge in [-0.3, -0.25) is 4.79 Å². The van der Waals surface area contributed by atoms with Crippen LogP contribution in [0.15, 0.2) is 33.2 Å². The van der Waals surface area contributed by atoms with Gasteiger partial charge in [0.25, 0.3) is 0 Å². The molecular weight excluding hydrogens is 452 g/mol. The summed E-state index contributed by atoms with van der Waals surface area (Å²) in [6.07, 6.45) is 0. The number of hydrogen-bond acceptors (Lipinski definition) is 4. The molecule has 0 bridgehead atoms. The van der Waals surface area contributed by atoms with Crippen molar-refractivity contribution in [1.82, 2.24) is 0 Å². The van der Waals surface area contributed by atoms with E-state index in [9.17, 15) is 4.79 Å². The van der Waals surface area contributed by atoms with Gasteiger partial charge in [-0.05, 0) is 69.0 Å². The Morgan fingerprint density at radius 2 is 1.80 bits per heavy atom. The standard InChI is InChI=1S/C19H20Br2O4/c1-10(2)14-8-13(6-7-16(14)23-5)25-19-15(20)9-17(24-12(4)22)11(3)18(19)21/h6-10H,1-5H3. The van der Waals surface area contributed by atoms with Gasteiger partial charge < -0.3 is 14.2 Å². The smallest absolute Gasteiger partial charge is 0.308 e. The molecule has 134 valence electrons. The van der Waals surface area contributed by atoms with Crippen LogP contribution in [0.1, 0.15) is 37.8 Å². The van der Waals surface area contributed by atoms with Crippen molar-refractivity contribution in [3.8, 4) is 23.0 Å². The van der Waals surface area contributed by atoms with Crippen LogP contribution in [-0.4, -0.2) is 13.1 Å². The SMILES string of the molecule is COc1ccc(Oc2c(Br)cc(OC(C)=O)c(C)c2Br)cc1C(C)C. The molecular formula is C19H20Br2O4. The van der Waals surface area contributed by atoms with Gasteiger partial charge in [-0.25, -0.2) is 0 Å². The topological polar surface area (TPSA) is 44.8 Å². The predicted molar refractivity (Wildman–Crippen MR) is 105 cm³/mol. The summed E-state index contributed by atoms with van der Waals surface area (Å²) in [5, 5.41) is 0. The van der Waals surface area contributed by atoms with Gasteiger partial charge in [-0.1, -0.05) is 13.8 Å². The zero-order chi connectivity index (χ0) is 18.7. The van der Waals surface area contributed by atoms with Crippen molar-refractivity contribution >= 4 is 37.8 Å². The van der Waals surface area contributed by atoms with Crippen LogP contribution in [0.4, 0.5) is 0 Å². The molecule has 0 heterocycles. The molecule has 0 aromatic heterocycles. The van der Waals surface area contributed by atoms with Crippen molar-refractivity contribution in [2.45, 2.75) is 33.6 Å². The highest BCUT2D eigenvalue weighted by atomic mass is 79.9. The normalized spacial score (nSPS) is 10.7. The van der Waals surface area contributed by atoms with Crippen LogP contribution in [0.2, 0.25) is 0 Å². The van der Waals surface area contributed by atoms with Crippen LogP contribution in [-0.2, 0) is 4.79 Å². The van der Waals surface area contributed by atoms with Gasteiger partial charge >= 0.3 is 5.97 Å². The Bertz CT molecular complexity index is 800. The fourth-order valence-corrected chi connectivity index (χ4v) is 3.61. The van der Waals surface area contributed by atoms with Crippen molar-refractivity contribution in [3.05, 3.63) is 44.3 Å². The molecule has 4 nitrogen and oxygen atoms in total. The Labute approximate surface area is 164 Å². The minimum Gasteiger partial charge on any atom is -0.496 e. The summed E-state index contributed by atoms with van der Waals surface area (Å²) in [5.74, 6) is 2.57. The van der Waals surface area contributed by atoms with Gasteiger partial charge in [0.2, 0.25) is 0 Å². The maximum Gasteiger partial charge on any atom is 0.308 e. The number of halogens is 2. The quantitative estimate of drug-likeness (QED) is 0.375. The summed E-state index contributed by atoms with van der Waals surface area (Å²) < 4.78 is 18.1. The fourth-order valence-electron chi connectivity index (χ4n) is 2.37. The molecule has 25 heavy (non-hydrogen) atoms. The molecule has 0 spiro atoms. The van der Waals surface area contributed by atoms with Crippen LogP contribution in [0, 0.1) is 6.92 Å². The number of ether oxygens (including phenoxy) is 3. The number of carbonyl (C=O) groups is 1. The number of hydrogen-bond donors (Lipinski definition) is 0. The average Bonchev–Trinajstić information content (AvgIpc) is 2.55. The average molecular weight is 472 g/mol. The molecule has 0 aliphatic carbocycles. The minimum atomic E-state index is -0.368. The highest BCUT2D eigenvalue weighted by Crippen LogP contribution is 2.44. The molecule has 0 aliphatic rings. The first-order chi connectivity index (χ1) is 11.7. The second-order valence-electron chi connectivity index (χ2n) is 5.88. The third-order valence-corrected chi connectivity index (χ3v) is 5.21. The molecule has 0 aliphatic heterocycles. The van der Waals surface area contributed by atoms with Crippen LogP contribution >= 0.6 is 31.9 Å². The summed E-state index contributed by atoms with van der Waals surface area (Å²) in [7, 11) is 1.66.